The van der Waals surface area contributed by atoms with Crippen LogP contribution in [0.5, 0.6) is 23.0 Å². The SMILES string of the molecule is COc1cc(C(=O)Oc2ccc(Br)cc2/C=C2/N=C(c3sc4cc([N+](=O)[O-])ccc4c3Cl)OC2=O)cc(OC)c1OC. The number of carbonyl (C=O) groups excluding carboxylic acids is 2. The molecular weight excluding hydrogens is 656 g/mol. The highest BCUT2D eigenvalue weighted by molar-refractivity contribution is 9.10. The fraction of sp³-hybridized carbons (Fsp3) is 0.107. The summed E-state index contributed by atoms with van der Waals surface area (Å²) in [5.74, 6) is -0.541. The molecule has 11 nitrogen and oxygen atoms in total. The zero-order chi connectivity index (χ0) is 30.1. The Morgan fingerprint density at radius 1 is 1.05 bits per heavy atom. The number of halogens is 2. The number of rotatable bonds is 8. The number of fused-ring (bicyclic) bond motifs is 1. The number of aliphatic imine (C=N–C) groups is 1. The molecule has 0 spiro atoms. The molecule has 2 heterocycles. The first-order valence-corrected chi connectivity index (χ1v) is 13.8. The Bertz CT molecular complexity index is 1830. The Morgan fingerprint density at radius 2 is 1.76 bits per heavy atom. The van der Waals surface area contributed by atoms with Crippen LogP contribution in [0.25, 0.3) is 16.2 Å². The second-order valence-corrected chi connectivity index (χ2v) is 10.9. The van der Waals surface area contributed by atoms with Crippen molar-refractivity contribution in [3.8, 4) is 23.0 Å². The zero-order valence-corrected chi connectivity index (χ0v) is 25.1. The van der Waals surface area contributed by atoms with Gasteiger partial charge in [0.25, 0.3) is 5.69 Å². The highest BCUT2D eigenvalue weighted by Gasteiger charge is 2.29. The van der Waals surface area contributed by atoms with Crippen LogP contribution in [0.2, 0.25) is 5.02 Å². The third-order valence-corrected chi connectivity index (χ3v) is 8.14. The number of non-ortho nitro benzene ring substituents is 1. The van der Waals surface area contributed by atoms with Gasteiger partial charge in [-0.1, -0.05) is 27.5 Å². The van der Waals surface area contributed by atoms with Crippen LogP contribution in [-0.2, 0) is 9.53 Å². The van der Waals surface area contributed by atoms with Crippen LogP contribution in [0.3, 0.4) is 0 Å². The van der Waals surface area contributed by atoms with Crippen LogP contribution in [0.15, 0.2) is 63.7 Å². The Hall–Kier alpha value is -4.46. The molecule has 0 amide bonds. The van der Waals surface area contributed by atoms with Crippen molar-refractivity contribution >= 4 is 78.6 Å². The lowest BCUT2D eigenvalue weighted by molar-refractivity contribution is -0.384. The average Bonchev–Trinajstić information content (AvgIpc) is 3.51. The summed E-state index contributed by atoms with van der Waals surface area (Å²) in [5.41, 5.74) is 0.306. The Kier molecular flexibility index (Phi) is 8.16. The number of nitro benzene ring substituents is 1. The van der Waals surface area contributed by atoms with Crippen LogP contribution in [0, 0.1) is 10.1 Å². The molecule has 1 aliphatic heterocycles. The summed E-state index contributed by atoms with van der Waals surface area (Å²) in [7, 11) is 4.30. The summed E-state index contributed by atoms with van der Waals surface area (Å²) in [6.07, 6.45) is 1.41. The molecule has 0 saturated carbocycles. The first-order valence-electron chi connectivity index (χ1n) is 11.8. The number of hydrogen-bond acceptors (Lipinski definition) is 11. The Labute approximate surface area is 255 Å². The van der Waals surface area contributed by atoms with Crippen molar-refractivity contribution in [1.82, 2.24) is 0 Å². The van der Waals surface area contributed by atoms with E-state index >= 15 is 0 Å². The molecule has 0 bridgehead atoms. The number of esters is 2. The third kappa shape index (κ3) is 5.53. The molecule has 0 unspecified atom stereocenters. The monoisotopic (exact) mass is 672 g/mol. The van der Waals surface area contributed by atoms with Gasteiger partial charge in [0.2, 0.25) is 11.6 Å². The molecule has 3 aromatic carbocycles. The van der Waals surface area contributed by atoms with Gasteiger partial charge < -0.3 is 23.7 Å². The lowest BCUT2D eigenvalue weighted by Crippen LogP contribution is -2.10. The second kappa shape index (κ2) is 11.8. The Morgan fingerprint density at radius 3 is 2.40 bits per heavy atom. The number of nitro groups is 1. The molecule has 0 atom stereocenters. The van der Waals surface area contributed by atoms with E-state index in [2.05, 4.69) is 20.9 Å². The molecule has 42 heavy (non-hydrogen) atoms. The molecule has 214 valence electrons. The van der Waals surface area contributed by atoms with Crippen molar-refractivity contribution in [3.05, 3.63) is 89.8 Å². The number of hydrogen-bond donors (Lipinski definition) is 0. The number of benzene rings is 3. The third-order valence-electron chi connectivity index (χ3n) is 6.01. The quantitative estimate of drug-likeness (QED) is 0.0649. The number of ether oxygens (including phenoxy) is 5. The summed E-state index contributed by atoms with van der Waals surface area (Å²) >= 11 is 11.0. The maximum atomic E-state index is 13.1. The largest absolute Gasteiger partial charge is 0.493 e. The smallest absolute Gasteiger partial charge is 0.363 e. The maximum Gasteiger partial charge on any atom is 0.363 e. The molecule has 0 saturated heterocycles. The van der Waals surface area contributed by atoms with Gasteiger partial charge in [-0.05, 0) is 42.5 Å². The van der Waals surface area contributed by atoms with Crippen LogP contribution in [0.4, 0.5) is 5.69 Å². The van der Waals surface area contributed by atoms with E-state index in [9.17, 15) is 19.7 Å². The van der Waals surface area contributed by atoms with Gasteiger partial charge in [0.1, 0.15) is 10.6 Å². The fourth-order valence-corrected chi connectivity index (χ4v) is 5.89. The molecular formula is C28H18BrClN2O9S. The minimum Gasteiger partial charge on any atom is -0.493 e. The highest BCUT2D eigenvalue weighted by atomic mass is 79.9. The molecule has 1 aliphatic rings. The van der Waals surface area contributed by atoms with Gasteiger partial charge in [0.15, 0.2) is 17.2 Å². The van der Waals surface area contributed by atoms with Crippen molar-refractivity contribution in [2.24, 2.45) is 4.99 Å². The van der Waals surface area contributed by atoms with Crippen molar-refractivity contribution in [3.63, 3.8) is 0 Å². The summed E-state index contributed by atoms with van der Waals surface area (Å²) in [5, 5.41) is 12.0. The molecule has 1 aromatic heterocycles. The maximum absolute atomic E-state index is 13.1. The summed E-state index contributed by atoms with van der Waals surface area (Å²) in [4.78, 5) is 41.2. The van der Waals surface area contributed by atoms with Crippen molar-refractivity contribution in [2.45, 2.75) is 0 Å². The summed E-state index contributed by atoms with van der Waals surface area (Å²) in [6.45, 7) is 0. The fourth-order valence-electron chi connectivity index (χ4n) is 4.04. The van der Waals surface area contributed by atoms with Gasteiger partial charge >= 0.3 is 11.9 Å². The van der Waals surface area contributed by atoms with E-state index in [1.165, 1.54) is 57.7 Å². The van der Waals surface area contributed by atoms with Gasteiger partial charge in [-0.2, -0.15) is 0 Å². The van der Waals surface area contributed by atoms with Gasteiger partial charge in [-0.3, -0.25) is 10.1 Å². The minimum absolute atomic E-state index is 0.0499. The lowest BCUT2D eigenvalue weighted by atomic mass is 10.1. The topological polar surface area (TPSA) is 136 Å². The van der Waals surface area contributed by atoms with Gasteiger partial charge in [-0.25, -0.2) is 14.6 Å². The first-order chi connectivity index (χ1) is 20.1. The highest BCUT2D eigenvalue weighted by Crippen LogP contribution is 2.40. The number of carbonyl (C=O) groups is 2. The second-order valence-electron chi connectivity index (χ2n) is 8.50. The van der Waals surface area contributed by atoms with E-state index in [4.69, 9.17) is 35.3 Å². The van der Waals surface area contributed by atoms with Crippen LogP contribution in [-0.4, -0.2) is 44.1 Å². The number of cyclic esters (lactones) is 1. The molecule has 14 heteroatoms. The van der Waals surface area contributed by atoms with Crippen LogP contribution in [0.1, 0.15) is 20.8 Å². The van der Waals surface area contributed by atoms with Crippen molar-refractivity contribution in [1.29, 1.82) is 0 Å². The average molecular weight is 674 g/mol. The minimum atomic E-state index is -0.758. The van der Waals surface area contributed by atoms with E-state index < -0.39 is 16.9 Å². The van der Waals surface area contributed by atoms with E-state index in [1.807, 2.05) is 0 Å². The molecule has 5 rings (SSSR count). The van der Waals surface area contributed by atoms with E-state index in [-0.39, 0.29) is 45.1 Å². The van der Waals surface area contributed by atoms with Gasteiger partial charge in [0, 0.05) is 32.3 Å². The number of methoxy groups -OCH3 is 3. The summed E-state index contributed by atoms with van der Waals surface area (Å²) in [6, 6.07) is 12.0. The molecule has 0 fully saturated rings. The van der Waals surface area contributed by atoms with Gasteiger partial charge in [0.05, 0.1) is 36.8 Å². The summed E-state index contributed by atoms with van der Waals surface area (Å²) < 4.78 is 28.2. The zero-order valence-electron chi connectivity index (χ0n) is 21.9. The lowest BCUT2D eigenvalue weighted by Gasteiger charge is -2.14. The van der Waals surface area contributed by atoms with Crippen molar-refractivity contribution in [2.75, 3.05) is 21.3 Å². The predicted molar refractivity (Wildman–Crippen MR) is 159 cm³/mol. The normalized spacial score (nSPS) is 13.6. The van der Waals surface area contributed by atoms with Crippen LogP contribution < -0.4 is 18.9 Å². The van der Waals surface area contributed by atoms with E-state index in [0.717, 1.165) is 11.3 Å². The standard InChI is InChI=1S/C28H18BrClN2O9S/c1-37-20-10-14(11-21(38-2)24(20)39-3)27(33)40-19-7-4-15(29)8-13(19)9-18-28(34)41-26(31-18)25-23(30)17-6-5-16(32(35)36)12-22(17)42-25/h4-12H,1-3H3/b18-9+. The first kappa shape index (κ1) is 29.0. The Balaban J connectivity index is 1.48. The number of nitrogens with zero attached hydrogens (tertiary/aromatic N) is 2. The molecule has 4 aromatic rings. The number of thiophene rings is 1. The van der Waals surface area contributed by atoms with Crippen LogP contribution >= 0.6 is 38.9 Å². The van der Waals surface area contributed by atoms with Crippen molar-refractivity contribution < 1.29 is 38.2 Å². The van der Waals surface area contributed by atoms with Gasteiger partial charge in [-0.15, -0.1) is 11.3 Å². The van der Waals surface area contributed by atoms with E-state index in [0.29, 0.717) is 30.7 Å². The predicted octanol–water partition coefficient (Wildman–Crippen LogP) is 6.81. The molecule has 0 N–H and O–H groups in total. The van der Waals surface area contributed by atoms with E-state index in [1.54, 1.807) is 18.2 Å². The molecule has 0 radical (unpaired) electrons. The molecule has 0 aliphatic carbocycles.